The topological polar surface area (TPSA) is 61.9 Å². The van der Waals surface area contributed by atoms with Crippen LogP contribution < -0.4 is 10.2 Å². The molecular formula is C31H30Cl3N3O3. The van der Waals surface area contributed by atoms with E-state index < -0.39 is 5.60 Å². The summed E-state index contributed by atoms with van der Waals surface area (Å²) < 4.78 is 5.70. The number of hydrogen-bond acceptors (Lipinski definition) is 3. The van der Waals surface area contributed by atoms with E-state index >= 15 is 0 Å². The number of halogens is 3. The van der Waals surface area contributed by atoms with Crippen LogP contribution in [0.1, 0.15) is 51.2 Å². The maximum absolute atomic E-state index is 13.3. The Bertz CT molecular complexity index is 1490. The van der Waals surface area contributed by atoms with Crippen molar-refractivity contribution in [3.8, 4) is 11.1 Å². The van der Waals surface area contributed by atoms with E-state index in [9.17, 15) is 9.59 Å². The Balaban J connectivity index is 1.71. The second-order valence-corrected chi connectivity index (χ2v) is 12.1. The fourth-order valence-corrected chi connectivity index (χ4v) is 5.87. The van der Waals surface area contributed by atoms with Crippen molar-refractivity contribution in [2.45, 2.75) is 52.2 Å². The smallest absolute Gasteiger partial charge is 0.414 e. The predicted octanol–water partition coefficient (Wildman–Crippen LogP) is 9.44. The first-order valence-corrected chi connectivity index (χ1v) is 14.3. The fourth-order valence-electron chi connectivity index (χ4n) is 5.07. The van der Waals surface area contributed by atoms with E-state index in [1.807, 2.05) is 63.2 Å². The van der Waals surface area contributed by atoms with Crippen LogP contribution in [-0.2, 0) is 11.3 Å². The van der Waals surface area contributed by atoms with Crippen molar-refractivity contribution in [2.75, 3.05) is 11.4 Å². The minimum atomic E-state index is -0.606. The Morgan fingerprint density at radius 3 is 2.35 bits per heavy atom. The molecule has 0 saturated carbocycles. The van der Waals surface area contributed by atoms with Crippen molar-refractivity contribution in [2.24, 2.45) is 0 Å². The maximum atomic E-state index is 13.3. The number of allylic oxidation sites excluding steroid dienone is 1. The van der Waals surface area contributed by atoms with Gasteiger partial charge in [0.25, 0.3) is 0 Å². The highest BCUT2D eigenvalue weighted by Gasteiger charge is 2.32. The molecule has 208 valence electrons. The summed E-state index contributed by atoms with van der Waals surface area (Å²) in [4.78, 5) is 29.6. The van der Waals surface area contributed by atoms with Gasteiger partial charge in [0, 0.05) is 34.9 Å². The van der Waals surface area contributed by atoms with E-state index in [4.69, 9.17) is 39.5 Å². The predicted molar refractivity (Wildman–Crippen MR) is 162 cm³/mol. The summed E-state index contributed by atoms with van der Waals surface area (Å²) in [5.74, 6) is 0. The zero-order valence-corrected chi connectivity index (χ0v) is 24.8. The van der Waals surface area contributed by atoms with Gasteiger partial charge < -0.3 is 10.1 Å². The summed E-state index contributed by atoms with van der Waals surface area (Å²) in [5.41, 5.74) is 4.66. The summed E-state index contributed by atoms with van der Waals surface area (Å²) in [5, 5.41) is 4.24. The number of piperidine rings is 1. The van der Waals surface area contributed by atoms with Crippen molar-refractivity contribution in [1.82, 2.24) is 10.2 Å². The van der Waals surface area contributed by atoms with Gasteiger partial charge in [0.05, 0.1) is 21.4 Å². The highest BCUT2D eigenvalue weighted by atomic mass is 35.5. The van der Waals surface area contributed by atoms with E-state index in [-0.39, 0.29) is 12.1 Å². The molecule has 0 unspecified atom stereocenters. The molecule has 3 aromatic carbocycles. The number of nitrogens with one attached hydrogen (secondary N) is 1. The van der Waals surface area contributed by atoms with Crippen LogP contribution in [0.15, 0.2) is 60.3 Å². The Labute approximate surface area is 249 Å². The molecule has 0 bridgehead atoms. The van der Waals surface area contributed by atoms with Crippen molar-refractivity contribution in [3.63, 3.8) is 0 Å². The molecule has 5 rings (SSSR count). The summed E-state index contributed by atoms with van der Waals surface area (Å²) in [6.45, 7) is 6.45. The highest BCUT2D eigenvalue weighted by molar-refractivity contribution is 6.40. The number of carbonyl (C=O) groups is 2. The van der Waals surface area contributed by atoms with Crippen LogP contribution in [0.2, 0.25) is 15.1 Å². The van der Waals surface area contributed by atoms with Crippen LogP contribution in [0.3, 0.4) is 0 Å². The van der Waals surface area contributed by atoms with Gasteiger partial charge in [-0.1, -0.05) is 59.1 Å². The molecule has 1 saturated heterocycles. The van der Waals surface area contributed by atoms with Gasteiger partial charge in [-0.3, -0.25) is 9.80 Å². The van der Waals surface area contributed by atoms with Crippen LogP contribution >= 0.6 is 34.8 Å². The number of likely N-dealkylation sites (tertiary alicyclic amines) is 1. The minimum absolute atomic E-state index is 0.300. The Kier molecular flexibility index (Phi) is 8.05. The monoisotopic (exact) mass is 597 g/mol. The van der Waals surface area contributed by atoms with Crippen LogP contribution in [-0.4, -0.2) is 29.2 Å². The van der Waals surface area contributed by atoms with Crippen molar-refractivity contribution in [3.05, 3.63) is 86.5 Å². The third-order valence-electron chi connectivity index (χ3n) is 6.79. The van der Waals surface area contributed by atoms with Gasteiger partial charge in [0.15, 0.2) is 0 Å². The molecule has 1 fully saturated rings. The maximum Gasteiger partial charge on any atom is 0.414 e. The van der Waals surface area contributed by atoms with Gasteiger partial charge in [0.1, 0.15) is 5.60 Å². The number of amides is 3. The first-order chi connectivity index (χ1) is 19.0. The number of urea groups is 1. The zero-order valence-electron chi connectivity index (χ0n) is 22.6. The largest absolute Gasteiger partial charge is 0.443 e. The fraction of sp³-hybridized carbons (Fsp3) is 0.290. The van der Waals surface area contributed by atoms with Crippen LogP contribution in [0.4, 0.5) is 21.0 Å². The molecule has 3 amide bonds. The van der Waals surface area contributed by atoms with Crippen LogP contribution in [0.25, 0.3) is 17.2 Å². The van der Waals surface area contributed by atoms with Gasteiger partial charge in [-0.05, 0) is 87.6 Å². The van der Waals surface area contributed by atoms with Gasteiger partial charge in [-0.2, -0.15) is 0 Å². The summed E-state index contributed by atoms with van der Waals surface area (Å²) in [6, 6.07) is 16.4. The van der Waals surface area contributed by atoms with Gasteiger partial charge >= 0.3 is 12.1 Å². The van der Waals surface area contributed by atoms with Crippen LogP contribution in [0, 0.1) is 0 Å². The first kappa shape index (κ1) is 28.3. The van der Waals surface area contributed by atoms with Crippen molar-refractivity contribution in [1.29, 1.82) is 0 Å². The summed E-state index contributed by atoms with van der Waals surface area (Å²) >= 11 is 19.8. The molecule has 9 heteroatoms. The Morgan fingerprint density at radius 2 is 1.65 bits per heavy atom. The molecular weight excluding hydrogens is 569 g/mol. The van der Waals surface area contributed by atoms with Crippen molar-refractivity contribution >= 4 is 64.4 Å². The van der Waals surface area contributed by atoms with E-state index in [0.717, 1.165) is 47.2 Å². The van der Waals surface area contributed by atoms with E-state index in [1.165, 1.54) is 4.90 Å². The molecule has 2 aliphatic rings. The third-order valence-corrected chi connectivity index (χ3v) is 7.73. The molecule has 6 nitrogen and oxygen atoms in total. The number of para-hydroxylation sites is 1. The molecule has 0 aliphatic carbocycles. The molecule has 40 heavy (non-hydrogen) atoms. The second-order valence-electron chi connectivity index (χ2n) is 10.8. The molecule has 3 aromatic rings. The lowest BCUT2D eigenvalue weighted by atomic mass is 9.92. The number of anilines is 2. The lowest BCUT2D eigenvalue weighted by Crippen LogP contribution is -2.41. The van der Waals surface area contributed by atoms with Gasteiger partial charge in [-0.25, -0.2) is 9.59 Å². The summed E-state index contributed by atoms with van der Waals surface area (Å²) in [7, 11) is 0. The number of fused-ring (bicyclic) bond motifs is 1. The summed E-state index contributed by atoms with van der Waals surface area (Å²) in [6.07, 6.45) is 4.19. The average molecular weight is 599 g/mol. The SMILES string of the molecule is CC(C)(C)OC(=O)N1CCCCC1=Cc1cc(-c2ccccc2Cl)c2c(c1)N(c1c(Cl)cccc1Cl)C(=O)NC2. The highest BCUT2D eigenvalue weighted by Crippen LogP contribution is 2.45. The van der Waals surface area contributed by atoms with Gasteiger partial charge in [-0.15, -0.1) is 0 Å². The van der Waals surface area contributed by atoms with E-state index in [0.29, 0.717) is 39.5 Å². The number of ether oxygens (including phenoxy) is 1. The Hall–Kier alpha value is -3.19. The molecule has 0 radical (unpaired) electrons. The molecule has 0 aromatic heterocycles. The zero-order chi connectivity index (χ0) is 28.6. The standard InChI is InChI=1S/C31H30Cl3N3O3/c1-31(2,3)40-30(39)36-14-7-6-9-20(36)15-19-16-22(21-10-4-5-11-24(21)32)23-18-35-29(38)37(27(23)17-19)28-25(33)12-8-13-26(28)34/h4-5,8,10-13,15-17H,6-7,9,14,18H2,1-3H3,(H,35,38). The number of rotatable bonds is 3. The number of benzene rings is 3. The molecule has 0 atom stereocenters. The number of hydrogen-bond donors (Lipinski definition) is 1. The minimum Gasteiger partial charge on any atom is -0.443 e. The molecule has 2 heterocycles. The average Bonchev–Trinajstić information content (AvgIpc) is 2.89. The number of nitrogens with zero attached hydrogens (tertiary/aromatic N) is 2. The van der Waals surface area contributed by atoms with Gasteiger partial charge in [0.2, 0.25) is 0 Å². The van der Waals surface area contributed by atoms with E-state index in [1.54, 1.807) is 23.1 Å². The second kappa shape index (κ2) is 11.4. The molecule has 2 aliphatic heterocycles. The quantitative estimate of drug-likeness (QED) is 0.327. The van der Waals surface area contributed by atoms with Crippen LogP contribution in [0.5, 0.6) is 0 Å². The third kappa shape index (κ3) is 5.80. The number of carbonyl (C=O) groups excluding carboxylic acids is 2. The van der Waals surface area contributed by atoms with E-state index in [2.05, 4.69) is 5.32 Å². The molecule has 1 N–H and O–H groups in total. The van der Waals surface area contributed by atoms with Crippen molar-refractivity contribution < 1.29 is 14.3 Å². The first-order valence-electron chi connectivity index (χ1n) is 13.2. The lowest BCUT2D eigenvalue weighted by molar-refractivity contribution is 0.0289. The molecule has 0 spiro atoms. The Morgan fingerprint density at radius 1 is 0.950 bits per heavy atom. The lowest BCUT2D eigenvalue weighted by Gasteiger charge is -2.34. The normalized spacial score (nSPS) is 16.6.